The first-order valence-corrected chi connectivity index (χ1v) is 7.14. The molecular formula is C15H16BrNO3. The van der Waals surface area contributed by atoms with Crippen molar-refractivity contribution in [3.8, 4) is 0 Å². The van der Waals surface area contributed by atoms with Crippen molar-refractivity contribution in [3.63, 3.8) is 0 Å². The summed E-state index contributed by atoms with van der Waals surface area (Å²) >= 11 is 3.39. The zero-order valence-corrected chi connectivity index (χ0v) is 13.2. The number of aldehydes is 1. The molecule has 0 aliphatic heterocycles. The van der Waals surface area contributed by atoms with Gasteiger partial charge < -0.3 is 9.30 Å². The molecule has 0 N–H and O–H groups in total. The molecule has 1 aromatic carbocycles. The number of hydrogen-bond donors (Lipinski definition) is 0. The second-order valence-electron chi connectivity index (χ2n) is 5.01. The standard InChI is InChI=1S/C15H16BrNO3/c1-4-20-14(19)15(2,3)17-8-10(9-18)12-7-11(16)5-6-13(12)17/h5-9H,4H2,1-3H3. The molecule has 0 radical (unpaired) electrons. The van der Waals surface area contributed by atoms with E-state index in [1.807, 2.05) is 18.2 Å². The van der Waals surface area contributed by atoms with E-state index >= 15 is 0 Å². The normalized spacial score (nSPS) is 11.6. The lowest BCUT2D eigenvalue weighted by Gasteiger charge is -2.25. The van der Waals surface area contributed by atoms with Crippen molar-refractivity contribution in [1.82, 2.24) is 4.57 Å². The van der Waals surface area contributed by atoms with Gasteiger partial charge in [0.2, 0.25) is 0 Å². The monoisotopic (exact) mass is 337 g/mol. The summed E-state index contributed by atoms with van der Waals surface area (Å²) in [6.45, 7) is 5.66. The Bertz CT molecular complexity index is 673. The number of ether oxygens (including phenoxy) is 1. The van der Waals surface area contributed by atoms with Gasteiger partial charge in [0.1, 0.15) is 5.54 Å². The van der Waals surface area contributed by atoms with E-state index in [9.17, 15) is 9.59 Å². The molecule has 0 aliphatic rings. The summed E-state index contributed by atoms with van der Waals surface area (Å²) in [6.07, 6.45) is 2.49. The number of aromatic nitrogens is 1. The number of esters is 1. The molecule has 5 heteroatoms. The molecule has 1 heterocycles. The third kappa shape index (κ3) is 2.38. The lowest BCUT2D eigenvalue weighted by Crippen LogP contribution is -2.37. The third-order valence-electron chi connectivity index (χ3n) is 3.30. The van der Waals surface area contributed by atoms with E-state index in [0.29, 0.717) is 12.2 Å². The molecule has 0 saturated carbocycles. The molecule has 0 atom stereocenters. The Labute approximate surface area is 125 Å². The maximum Gasteiger partial charge on any atom is 0.331 e. The maximum absolute atomic E-state index is 12.1. The number of benzene rings is 1. The van der Waals surface area contributed by atoms with Crippen LogP contribution in [0, 0.1) is 0 Å². The minimum Gasteiger partial charge on any atom is -0.464 e. The van der Waals surface area contributed by atoms with Crippen LogP contribution in [0.5, 0.6) is 0 Å². The zero-order valence-electron chi connectivity index (χ0n) is 11.6. The fourth-order valence-corrected chi connectivity index (χ4v) is 2.55. The molecule has 1 aromatic heterocycles. The number of fused-ring (bicyclic) bond motifs is 1. The summed E-state index contributed by atoms with van der Waals surface area (Å²) in [4.78, 5) is 23.4. The lowest BCUT2D eigenvalue weighted by molar-refractivity contribution is -0.151. The van der Waals surface area contributed by atoms with E-state index in [2.05, 4.69) is 15.9 Å². The van der Waals surface area contributed by atoms with Crippen LogP contribution in [-0.2, 0) is 15.1 Å². The van der Waals surface area contributed by atoms with Crippen LogP contribution in [0.15, 0.2) is 28.9 Å². The van der Waals surface area contributed by atoms with Crippen molar-refractivity contribution >= 4 is 39.1 Å². The summed E-state index contributed by atoms with van der Waals surface area (Å²) in [5.74, 6) is -0.322. The van der Waals surface area contributed by atoms with Crippen molar-refractivity contribution in [2.45, 2.75) is 26.3 Å². The van der Waals surface area contributed by atoms with Crippen molar-refractivity contribution < 1.29 is 14.3 Å². The van der Waals surface area contributed by atoms with E-state index in [4.69, 9.17) is 4.74 Å². The number of hydrogen-bond acceptors (Lipinski definition) is 3. The number of rotatable bonds is 4. The SMILES string of the molecule is CCOC(=O)C(C)(C)n1cc(C=O)c2cc(Br)ccc21. The summed E-state index contributed by atoms with van der Waals surface area (Å²) in [5, 5.41) is 0.812. The molecule has 106 valence electrons. The van der Waals surface area contributed by atoms with Crippen molar-refractivity contribution in [2.75, 3.05) is 6.61 Å². The molecule has 0 saturated heterocycles. The molecule has 0 amide bonds. The van der Waals surface area contributed by atoms with Gasteiger partial charge in [-0.15, -0.1) is 0 Å². The average Bonchev–Trinajstić information content (AvgIpc) is 2.77. The first-order valence-electron chi connectivity index (χ1n) is 6.35. The van der Waals surface area contributed by atoms with Gasteiger partial charge in [0.15, 0.2) is 6.29 Å². The smallest absolute Gasteiger partial charge is 0.331 e. The highest BCUT2D eigenvalue weighted by Crippen LogP contribution is 2.30. The highest BCUT2D eigenvalue weighted by molar-refractivity contribution is 9.10. The summed E-state index contributed by atoms with van der Waals surface area (Å²) in [5.41, 5.74) is 0.510. The second-order valence-corrected chi connectivity index (χ2v) is 5.93. The number of nitrogens with zero attached hydrogens (tertiary/aromatic N) is 1. The summed E-state index contributed by atoms with van der Waals surface area (Å²) < 4.78 is 7.80. The Morgan fingerprint density at radius 1 is 1.45 bits per heavy atom. The fourth-order valence-electron chi connectivity index (χ4n) is 2.19. The molecule has 20 heavy (non-hydrogen) atoms. The Kier molecular flexibility index (Phi) is 3.99. The summed E-state index contributed by atoms with van der Waals surface area (Å²) in [7, 11) is 0. The summed E-state index contributed by atoms with van der Waals surface area (Å²) in [6, 6.07) is 5.64. The van der Waals surface area contributed by atoms with Gasteiger partial charge in [-0.1, -0.05) is 15.9 Å². The molecular weight excluding hydrogens is 322 g/mol. The Balaban J connectivity index is 2.66. The van der Waals surface area contributed by atoms with Crippen molar-refractivity contribution in [2.24, 2.45) is 0 Å². The Morgan fingerprint density at radius 3 is 2.75 bits per heavy atom. The van der Waals surface area contributed by atoms with Crippen LogP contribution in [0.3, 0.4) is 0 Å². The van der Waals surface area contributed by atoms with Gasteiger partial charge in [0.05, 0.1) is 6.61 Å². The van der Waals surface area contributed by atoms with Gasteiger partial charge in [-0.3, -0.25) is 4.79 Å². The maximum atomic E-state index is 12.1. The van der Waals surface area contributed by atoms with E-state index in [-0.39, 0.29) is 5.97 Å². The van der Waals surface area contributed by atoms with Crippen LogP contribution in [0.2, 0.25) is 0 Å². The third-order valence-corrected chi connectivity index (χ3v) is 3.79. The number of carbonyl (C=O) groups excluding carboxylic acids is 2. The highest BCUT2D eigenvalue weighted by atomic mass is 79.9. The Hall–Kier alpha value is -1.62. The molecule has 0 spiro atoms. The number of halogens is 1. The topological polar surface area (TPSA) is 48.3 Å². The van der Waals surface area contributed by atoms with E-state index < -0.39 is 5.54 Å². The second kappa shape index (κ2) is 5.40. The molecule has 0 fully saturated rings. The predicted molar refractivity (Wildman–Crippen MR) is 81.0 cm³/mol. The minimum absolute atomic E-state index is 0.322. The van der Waals surface area contributed by atoms with Gasteiger partial charge >= 0.3 is 5.97 Å². The van der Waals surface area contributed by atoms with Gasteiger partial charge in [0, 0.05) is 27.1 Å². The van der Waals surface area contributed by atoms with Gasteiger partial charge in [-0.25, -0.2) is 4.79 Å². The molecule has 0 bridgehead atoms. The molecule has 0 aliphatic carbocycles. The quantitative estimate of drug-likeness (QED) is 0.633. The number of carbonyl (C=O) groups is 2. The fraction of sp³-hybridized carbons (Fsp3) is 0.333. The molecule has 2 aromatic rings. The van der Waals surface area contributed by atoms with E-state index in [1.165, 1.54) is 0 Å². The first-order chi connectivity index (χ1) is 9.41. The molecule has 4 nitrogen and oxygen atoms in total. The first kappa shape index (κ1) is 14.8. The Morgan fingerprint density at radius 2 is 2.15 bits per heavy atom. The van der Waals surface area contributed by atoms with Crippen LogP contribution in [0.1, 0.15) is 31.1 Å². The van der Waals surface area contributed by atoms with E-state index in [1.54, 1.807) is 31.5 Å². The van der Waals surface area contributed by atoms with Gasteiger partial charge in [0.25, 0.3) is 0 Å². The van der Waals surface area contributed by atoms with Crippen LogP contribution in [-0.4, -0.2) is 23.4 Å². The van der Waals surface area contributed by atoms with Crippen LogP contribution >= 0.6 is 15.9 Å². The largest absolute Gasteiger partial charge is 0.464 e. The van der Waals surface area contributed by atoms with Crippen LogP contribution in [0.25, 0.3) is 10.9 Å². The van der Waals surface area contributed by atoms with Crippen LogP contribution < -0.4 is 0 Å². The van der Waals surface area contributed by atoms with Crippen molar-refractivity contribution in [1.29, 1.82) is 0 Å². The predicted octanol–water partition coefficient (Wildman–Crippen LogP) is 3.51. The van der Waals surface area contributed by atoms with Gasteiger partial charge in [-0.05, 0) is 39.0 Å². The van der Waals surface area contributed by atoms with Crippen LogP contribution in [0.4, 0.5) is 0 Å². The zero-order chi connectivity index (χ0) is 14.9. The lowest BCUT2D eigenvalue weighted by atomic mass is 10.1. The molecule has 2 rings (SSSR count). The van der Waals surface area contributed by atoms with Crippen molar-refractivity contribution in [3.05, 3.63) is 34.4 Å². The highest BCUT2D eigenvalue weighted by Gasteiger charge is 2.32. The molecule has 0 unspecified atom stereocenters. The van der Waals surface area contributed by atoms with Gasteiger partial charge in [-0.2, -0.15) is 0 Å². The minimum atomic E-state index is -0.872. The average molecular weight is 338 g/mol. The van der Waals surface area contributed by atoms with E-state index in [0.717, 1.165) is 21.7 Å².